The molecule has 2 aromatic carbocycles. The highest BCUT2D eigenvalue weighted by Gasteiger charge is 2.32. The Morgan fingerprint density at radius 3 is 2.18 bits per heavy atom. The van der Waals surface area contributed by atoms with Gasteiger partial charge in [-0.15, -0.1) is 0 Å². The summed E-state index contributed by atoms with van der Waals surface area (Å²) in [5.74, 6) is 0.865. The smallest absolute Gasteiger partial charge is 0.354 e. The van der Waals surface area contributed by atoms with Crippen molar-refractivity contribution in [2.45, 2.75) is 18.0 Å². The molecule has 6 nitrogen and oxygen atoms in total. The number of rotatable bonds is 4. The molecule has 0 saturated carbocycles. The van der Waals surface area contributed by atoms with Gasteiger partial charge in [-0.05, 0) is 37.3 Å². The Kier molecular flexibility index (Phi) is 6.78. The summed E-state index contributed by atoms with van der Waals surface area (Å²) in [5, 5.41) is 0.369. The molecule has 1 aliphatic rings. The molecule has 0 amide bonds. The number of aryl methyl sites for hydroxylation is 1. The van der Waals surface area contributed by atoms with E-state index >= 15 is 0 Å². The molecule has 1 aliphatic heterocycles. The Balaban J connectivity index is 1.53. The topological polar surface area (TPSA) is 66.4 Å². The number of nitrogens with zero attached hydrogens (tertiary/aromatic N) is 4. The summed E-state index contributed by atoms with van der Waals surface area (Å²) in [6.45, 7) is 2.88. The number of halogens is 5. The van der Waals surface area contributed by atoms with Crippen molar-refractivity contribution in [3.8, 4) is 11.4 Å². The minimum atomic E-state index is -4.42. The van der Waals surface area contributed by atoms with Crippen LogP contribution in [0.5, 0.6) is 0 Å². The average Bonchev–Trinajstić information content (AvgIpc) is 2.80. The summed E-state index contributed by atoms with van der Waals surface area (Å²) in [6, 6.07) is 10.7. The number of alkyl halides is 3. The van der Waals surface area contributed by atoms with E-state index in [0.29, 0.717) is 36.0 Å². The number of hydrogen-bond acceptors (Lipinski definition) is 5. The van der Waals surface area contributed by atoms with Crippen molar-refractivity contribution in [1.82, 2.24) is 14.3 Å². The quantitative estimate of drug-likeness (QED) is 0.458. The normalized spacial score (nSPS) is 15.5. The molecule has 180 valence electrons. The lowest BCUT2D eigenvalue weighted by atomic mass is 10.1. The van der Waals surface area contributed by atoms with Gasteiger partial charge in [0.25, 0.3) is 0 Å². The number of benzene rings is 2. The molecule has 0 atom stereocenters. The molecule has 4 rings (SSSR count). The van der Waals surface area contributed by atoms with Crippen LogP contribution in [0, 0.1) is 6.92 Å². The van der Waals surface area contributed by atoms with Crippen LogP contribution in [0.2, 0.25) is 10.0 Å². The van der Waals surface area contributed by atoms with Gasteiger partial charge < -0.3 is 4.90 Å². The van der Waals surface area contributed by atoms with Crippen LogP contribution in [-0.2, 0) is 16.2 Å². The number of piperazine rings is 1. The van der Waals surface area contributed by atoms with Gasteiger partial charge >= 0.3 is 6.18 Å². The molecule has 0 bridgehead atoms. The zero-order valence-corrected chi connectivity index (χ0v) is 20.2. The third-order valence-corrected chi connectivity index (χ3v) is 8.00. The molecule has 2 heterocycles. The predicted molar refractivity (Wildman–Crippen MR) is 125 cm³/mol. The van der Waals surface area contributed by atoms with Gasteiger partial charge in [0.05, 0.1) is 10.6 Å². The third kappa shape index (κ3) is 5.14. The second-order valence-electron chi connectivity index (χ2n) is 7.73. The number of hydrogen-bond donors (Lipinski definition) is 0. The minimum Gasteiger partial charge on any atom is -0.354 e. The van der Waals surface area contributed by atoms with E-state index in [1.807, 2.05) is 4.90 Å². The van der Waals surface area contributed by atoms with Crippen molar-refractivity contribution in [3.63, 3.8) is 0 Å². The van der Waals surface area contributed by atoms with Gasteiger partial charge in [0.2, 0.25) is 10.0 Å². The maximum Gasteiger partial charge on any atom is 0.416 e. The van der Waals surface area contributed by atoms with Crippen molar-refractivity contribution < 1.29 is 21.6 Å². The lowest BCUT2D eigenvalue weighted by Gasteiger charge is -2.35. The highest BCUT2D eigenvalue weighted by molar-refractivity contribution is 7.89. The molecule has 0 radical (unpaired) electrons. The Bertz CT molecular complexity index is 1310. The molecule has 3 aromatic rings. The Labute approximate surface area is 205 Å². The van der Waals surface area contributed by atoms with Crippen LogP contribution in [0.4, 0.5) is 19.0 Å². The predicted octanol–water partition coefficient (Wildman–Crippen LogP) is 5.29. The Hall–Kier alpha value is -2.40. The van der Waals surface area contributed by atoms with Crippen molar-refractivity contribution in [1.29, 1.82) is 0 Å². The highest BCUT2D eigenvalue weighted by Crippen LogP contribution is 2.31. The van der Waals surface area contributed by atoms with Gasteiger partial charge in [0, 0.05) is 48.5 Å². The number of sulfonamides is 1. The minimum absolute atomic E-state index is 0.0439. The lowest BCUT2D eigenvalue weighted by Crippen LogP contribution is -2.49. The van der Waals surface area contributed by atoms with Crippen molar-refractivity contribution in [2.75, 3.05) is 31.1 Å². The first-order chi connectivity index (χ1) is 15.9. The van der Waals surface area contributed by atoms with Crippen molar-refractivity contribution in [2.24, 2.45) is 0 Å². The second kappa shape index (κ2) is 9.33. The van der Waals surface area contributed by atoms with Crippen LogP contribution < -0.4 is 4.90 Å². The highest BCUT2D eigenvalue weighted by atomic mass is 35.5. The summed E-state index contributed by atoms with van der Waals surface area (Å²) in [6.07, 6.45) is -4.42. The van der Waals surface area contributed by atoms with Crippen molar-refractivity contribution in [3.05, 3.63) is 69.8 Å². The SMILES string of the molecule is Cc1cc(N2CCN(S(=O)(=O)c3cc(Cl)ccc3Cl)CC2)nc(-c2ccc(C(F)(F)F)cc2)n1. The average molecular weight is 531 g/mol. The zero-order chi connectivity index (χ0) is 24.7. The Morgan fingerprint density at radius 1 is 0.912 bits per heavy atom. The third-order valence-electron chi connectivity index (χ3n) is 5.38. The van der Waals surface area contributed by atoms with Gasteiger partial charge in [-0.2, -0.15) is 17.5 Å². The Morgan fingerprint density at radius 2 is 1.56 bits per heavy atom. The van der Waals surface area contributed by atoms with Crippen LogP contribution >= 0.6 is 23.2 Å². The maximum atomic E-state index is 13.1. The fourth-order valence-corrected chi connectivity index (χ4v) is 5.78. The number of anilines is 1. The van der Waals surface area contributed by atoms with E-state index in [1.54, 1.807) is 13.0 Å². The monoisotopic (exact) mass is 530 g/mol. The molecule has 0 N–H and O–H groups in total. The maximum absolute atomic E-state index is 13.1. The van der Waals surface area contributed by atoms with E-state index in [1.165, 1.54) is 34.6 Å². The molecular formula is C22H19Cl2F3N4O2S. The van der Waals surface area contributed by atoms with Gasteiger partial charge in [-0.3, -0.25) is 0 Å². The van der Waals surface area contributed by atoms with Gasteiger partial charge in [0.1, 0.15) is 10.7 Å². The standard InChI is InChI=1S/C22H19Cl2F3N4O2S/c1-14-12-20(29-21(28-14)15-2-4-16(5-3-15)22(25,26)27)30-8-10-31(11-9-30)34(32,33)19-13-17(23)6-7-18(19)24/h2-7,12-13H,8-11H2,1H3. The first kappa shape index (κ1) is 24.7. The van der Waals surface area contributed by atoms with Gasteiger partial charge in [0.15, 0.2) is 5.82 Å². The van der Waals surface area contributed by atoms with Gasteiger partial charge in [-0.1, -0.05) is 35.3 Å². The molecular weight excluding hydrogens is 512 g/mol. The van der Waals surface area contributed by atoms with Crippen LogP contribution in [0.25, 0.3) is 11.4 Å². The molecule has 12 heteroatoms. The van der Waals surface area contributed by atoms with Gasteiger partial charge in [-0.25, -0.2) is 18.4 Å². The summed E-state index contributed by atoms with van der Waals surface area (Å²) < 4.78 is 66.0. The van der Waals surface area contributed by atoms with E-state index < -0.39 is 21.8 Å². The molecule has 1 fully saturated rings. The second-order valence-corrected chi connectivity index (χ2v) is 10.5. The van der Waals surface area contributed by atoms with Crippen LogP contribution in [0.15, 0.2) is 53.4 Å². The molecule has 34 heavy (non-hydrogen) atoms. The fourth-order valence-electron chi connectivity index (χ4n) is 3.62. The van der Waals surface area contributed by atoms with E-state index in [2.05, 4.69) is 9.97 Å². The molecule has 0 spiro atoms. The fraction of sp³-hybridized carbons (Fsp3) is 0.273. The summed E-state index contributed by atoms with van der Waals surface area (Å²) in [5.41, 5.74) is 0.344. The van der Waals surface area contributed by atoms with Crippen LogP contribution in [0.1, 0.15) is 11.3 Å². The summed E-state index contributed by atoms with van der Waals surface area (Å²) in [4.78, 5) is 10.7. The van der Waals surface area contributed by atoms with Crippen molar-refractivity contribution >= 4 is 39.0 Å². The summed E-state index contributed by atoms with van der Waals surface area (Å²) >= 11 is 12.1. The summed E-state index contributed by atoms with van der Waals surface area (Å²) in [7, 11) is -3.83. The van der Waals surface area contributed by atoms with E-state index in [4.69, 9.17) is 23.2 Å². The lowest BCUT2D eigenvalue weighted by molar-refractivity contribution is -0.137. The molecule has 0 unspecified atom stereocenters. The zero-order valence-electron chi connectivity index (χ0n) is 17.9. The largest absolute Gasteiger partial charge is 0.416 e. The van der Waals surface area contributed by atoms with E-state index in [-0.39, 0.29) is 28.0 Å². The van der Waals surface area contributed by atoms with Crippen LogP contribution in [0.3, 0.4) is 0 Å². The van der Waals surface area contributed by atoms with E-state index in [0.717, 1.165) is 12.1 Å². The van der Waals surface area contributed by atoms with E-state index in [9.17, 15) is 21.6 Å². The molecule has 1 saturated heterocycles. The number of aromatic nitrogens is 2. The first-order valence-electron chi connectivity index (χ1n) is 10.2. The first-order valence-corrected chi connectivity index (χ1v) is 12.4. The van der Waals surface area contributed by atoms with Crippen LogP contribution in [-0.4, -0.2) is 48.9 Å². The molecule has 1 aromatic heterocycles. The molecule has 0 aliphatic carbocycles.